The van der Waals surface area contributed by atoms with E-state index in [1.54, 1.807) is 24.7 Å². The van der Waals surface area contributed by atoms with Crippen LogP contribution in [0.4, 0.5) is 0 Å². The van der Waals surface area contributed by atoms with Crippen LogP contribution in [0, 0.1) is 6.92 Å². The summed E-state index contributed by atoms with van der Waals surface area (Å²) in [7, 11) is 0. The predicted octanol–water partition coefficient (Wildman–Crippen LogP) is 0.911. The Balaban J connectivity index is 3.21. The molecule has 2 nitrogen and oxygen atoms in total. The fourth-order valence-electron chi connectivity index (χ4n) is 0.901. The van der Waals surface area contributed by atoms with E-state index in [1.165, 1.54) is 6.07 Å². The zero-order valence-electron chi connectivity index (χ0n) is 6.05. The number of benzene rings is 1. The van der Waals surface area contributed by atoms with Crippen LogP contribution in [0.3, 0.4) is 0 Å². The standard InChI is InChI=1S/C9H6O2/c1-7-2-8(5-10)4-9(3-7)6-11/h2-4H,1H3. The molecule has 0 fully saturated rings. The van der Waals surface area contributed by atoms with Gasteiger partial charge in [0.15, 0.2) is 0 Å². The summed E-state index contributed by atoms with van der Waals surface area (Å²) in [5.41, 5.74) is 1.65. The first-order valence-electron chi connectivity index (χ1n) is 3.14. The molecule has 1 aromatic carbocycles. The highest BCUT2D eigenvalue weighted by atomic mass is 16.1. The van der Waals surface area contributed by atoms with Gasteiger partial charge >= 0.3 is 0 Å². The van der Waals surface area contributed by atoms with E-state index in [0.29, 0.717) is 11.1 Å². The van der Waals surface area contributed by atoms with E-state index in [1.807, 2.05) is 6.92 Å². The summed E-state index contributed by atoms with van der Waals surface area (Å²) in [6.07, 6.45) is 3.43. The van der Waals surface area contributed by atoms with Gasteiger partial charge in [-0.05, 0) is 30.7 Å². The van der Waals surface area contributed by atoms with Crippen LogP contribution in [-0.2, 0) is 9.59 Å². The second kappa shape index (κ2) is 3.10. The van der Waals surface area contributed by atoms with E-state index < -0.39 is 0 Å². The first kappa shape index (κ1) is 7.66. The zero-order chi connectivity index (χ0) is 8.27. The summed E-state index contributed by atoms with van der Waals surface area (Å²) in [5.74, 6) is 0. The van der Waals surface area contributed by atoms with Gasteiger partial charge in [-0.25, -0.2) is 0 Å². The largest absolute Gasteiger partial charge is 0.285 e. The minimum Gasteiger partial charge on any atom is -0.285 e. The highest BCUT2D eigenvalue weighted by molar-refractivity contribution is 5.82. The molecule has 0 atom stereocenters. The van der Waals surface area contributed by atoms with Gasteiger partial charge in [-0.2, -0.15) is 0 Å². The second-order valence-electron chi connectivity index (χ2n) is 2.29. The molecule has 0 aromatic heterocycles. The van der Waals surface area contributed by atoms with E-state index in [0.717, 1.165) is 5.56 Å². The smallest absolute Gasteiger partial charge is 0.233 e. The van der Waals surface area contributed by atoms with Crippen molar-refractivity contribution in [2.24, 2.45) is 0 Å². The van der Waals surface area contributed by atoms with Crippen LogP contribution < -0.4 is 0 Å². The van der Waals surface area contributed by atoms with Gasteiger partial charge in [0.25, 0.3) is 0 Å². The number of hydrogen-bond donors (Lipinski definition) is 0. The van der Waals surface area contributed by atoms with Gasteiger partial charge in [0.1, 0.15) is 0 Å². The van der Waals surface area contributed by atoms with Crippen molar-refractivity contribution in [3.05, 3.63) is 34.9 Å². The molecular formula is C9H6O2. The Morgan fingerprint density at radius 3 is 1.82 bits per heavy atom. The molecule has 0 aliphatic heterocycles. The molecule has 1 rings (SSSR count). The summed E-state index contributed by atoms with van der Waals surface area (Å²) in [4.78, 5) is 20.3. The number of carbonyl (C=O) groups excluding carboxylic acids is 2. The molecule has 0 N–H and O–H groups in total. The predicted molar refractivity (Wildman–Crippen MR) is 40.8 cm³/mol. The Morgan fingerprint density at radius 2 is 1.45 bits per heavy atom. The summed E-state index contributed by atoms with van der Waals surface area (Å²) in [6, 6.07) is 4.77. The van der Waals surface area contributed by atoms with Gasteiger partial charge < -0.3 is 0 Å². The number of rotatable bonds is 2. The van der Waals surface area contributed by atoms with E-state index >= 15 is 0 Å². The van der Waals surface area contributed by atoms with Gasteiger partial charge in [-0.3, -0.25) is 9.59 Å². The van der Waals surface area contributed by atoms with Gasteiger partial charge in [0, 0.05) is 11.1 Å². The van der Waals surface area contributed by atoms with Crippen LogP contribution in [0.1, 0.15) is 16.7 Å². The van der Waals surface area contributed by atoms with Crippen molar-refractivity contribution in [2.75, 3.05) is 0 Å². The molecule has 0 amide bonds. The Bertz CT molecular complexity index is 263. The maximum atomic E-state index is 10.2. The Morgan fingerprint density at radius 1 is 1.00 bits per heavy atom. The van der Waals surface area contributed by atoms with Crippen molar-refractivity contribution < 1.29 is 9.59 Å². The first-order chi connectivity index (χ1) is 5.26. The molecule has 54 valence electrons. The lowest BCUT2D eigenvalue weighted by molar-refractivity contribution is 0.562. The zero-order valence-corrected chi connectivity index (χ0v) is 6.05. The topological polar surface area (TPSA) is 34.1 Å². The molecule has 0 unspecified atom stereocenters. The maximum absolute atomic E-state index is 10.2. The molecular weight excluding hydrogens is 140 g/mol. The lowest BCUT2D eigenvalue weighted by Gasteiger charge is -1.94. The van der Waals surface area contributed by atoms with Crippen molar-refractivity contribution in [3.63, 3.8) is 0 Å². The average molecular weight is 146 g/mol. The minimum atomic E-state index is 0.392. The molecule has 2 radical (unpaired) electrons. The molecule has 0 aliphatic carbocycles. The molecule has 0 saturated carbocycles. The van der Waals surface area contributed by atoms with Crippen LogP contribution in [-0.4, -0.2) is 12.6 Å². The third kappa shape index (κ3) is 1.74. The Hall–Kier alpha value is -1.44. The van der Waals surface area contributed by atoms with Gasteiger partial charge in [0.2, 0.25) is 12.6 Å². The van der Waals surface area contributed by atoms with Crippen molar-refractivity contribution in [3.8, 4) is 0 Å². The number of aryl methyl sites for hydroxylation is 1. The third-order valence-electron chi connectivity index (χ3n) is 1.31. The third-order valence-corrected chi connectivity index (χ3v) is 1.31. The minimum absolute atomic E-state index is 0.392. The molecule has 2 heteroatoms. The van der Waals surface area contributed by atoms with Gasteiger partial charge in [-0.1, -0.05) is 0 Å². The van der Waals surface area contributed by atoms with Gasteiger partial charge in [-0.15, -0.1) is 0 Å². The Kier molecular flexibility index (Phi) is 2.16. The van der Waals surface area contributed by atoms with Crippen LogP contribution in [0.15, 0.2) is 18.2 Å². The lowest BCUT2D eigenvalue weighted by atomic mass is 10.1. The normalized spacial score (nSPS) is 9.18. The summed E-state index contributed by atoms with van der Waals surface area (Å²) < 4.78 is 0. The van der Waals surface area contributed by atoms with E-state index in [2.05, 4.69) is 0 Å². The molecule has 0 aliphatic rings. The molecule has 1 aromatic rings. The molecule has 0 bridgehead atoms. The summed E-state index contributed by atoms with van der Waals surface area (Å²) in [6.45, 7) is 1.81. The lowest BCUT2D eigenvalue weighted by Crippen LogP contribution is -1.87. The van der Waals surface area contributed by atoms with Crippen LogP contribution in [0.5, 0.6) is 0 Å². The summed E-state index contributed by atoms with van der Waals surface area (Å²) in [5, 5.41) is 0. The maximum Gasteiger partial charge on any atom is 0.233 e. The molecule has 11 heavy (non-hydrogen) atoms. The quantitative estimate of drug-likeness (QED) is 0.621. The number of hydrogen-bond acceptors (Lipinski definition) is 2. The monoisotopic (exact) mass is 146 g/mol. The fraction of sp³-hybridized carbons (Fsp3) is 0.111. The van der Waals surface area contributed by atoms with E-state index in [-0.39, 0.29) is 0 Å². The van der Waals surface area contributed by atoms with Crippen LogP contribution >= 0.6 is 0 Å². The van der Waals surface area contributed by atoms with Gasteiger partial charge in [0.05, 0.1) is 0 Å². The molecule has 0 spiro atoms. The van der Waals surface area contributed by atoms with Crippen molar-refractivity contribution >= 4 is 12.6 Å². The molecule has 0 saturated heterocycles. The van der Waals surface area contributed by atoms with E-state index in [4.69, 9.17) is 0 Å². The molecule has 0 heterocycles. The van der Waals surface area contributed by atoms with E-state index in [9.17, 15) is 9.59 Å². The van der Waals surface area contributed by atoms with Crippen molar-refractivity contribution in [1.82, 2.24) is 0 Å². The highest BCUT2D eigenvalue weighted by Gasteiger charge is 1.96. The fourth-order valence-corrected chi connectivity index (χ4v) is 0.901. The SMILES string of the molecule is Cc1cc([C]=O)cc([C]=O)c1. The van der Waals surface area contributed by atoms with Crippen molar-refractivity contribution in [2.45, 2.75) is 6.92 Å². The Labute approximate surface area is 64.8 Å². The van der Waals surface area contributed by atoms with Crippen LogP contribution in [0.25, 0.3) is 0 Å². The first-order valence-corrected chi connectivity index (χ1v) is 3.14. The van der Waals surface area contributed by atoms with Crippen LogP contribution in [0.2, 0.25) is 0 Å². The van der Waals surface area contributed by atoms with Crippen molar-refractivity contribution in [1.29, 1.82) is 0 Å². The second-order valence-corrected chi connectivity index (χ2v) is 2.29. The summed E-state index contributed by atoms with van der Waals surface area (Å²) >= 11 is 0. The average Bonchev–Trinajstić information content (AvgIpc) is 2.03. The highest BCUT2D eigenvalue weighted by Crippen LogP contribution is 2.05.